The Hall–Kier alpha value is -1.92. The summed E-state index contributed by atoms with van der Waals surface area (Å²) in [5.74, 6) is 1.44. The number of para-hydroxylation sites is 1. The van der Waals surface area contributed by atoms with Crippen molar-refractivity contribution in [1.82, 2.24) is 14.7 Å². The number of likely N-dealkylation sites (tertiary alicyclic amines) is 1. The molecule has 2 fully saturated rings. The van der Waals surface area contributed by atoms with Crippen LogP contribution in [0.3, 0.4) is 0 Å². The Morgan fingerprint density at radius 3 is 2.25 bits per heavy atom. The molecular formula is C22H34N4O2. The Bertz CT molecular complexity index is 648. The van der Waals surface area contributed by atoms with Gasteiger partial charge in [0, 0.05) is 45.0 Å². The third-order valence-corrected chi connectivity index (χ3v) is 5.92. The lowest BCUT2D eigenvalue weighted by Crippen LogP contribution is -2.56. The standard InChI is InChI=1S/C22H34N4O2/c1-17-13-18(2)15-26(14-17)22(28)19(3)25-11-9-24(10-12-25)16-21(27)23-20-7-5-4-6-8-20/h4-8,17-19H,9-16H2,1-3H3,(H,23,27). The molecular weight excluding hydrogens is 352 g/mol. The number of hydrogen-bond acceptors (Lipinski definition) is 4. The van der Waals surface area contributed by atoms with Gasteiger partial charge in [0.05, 0.1) is 12.6 Å². The number of hydrogen-bond donors (Lipinski definition) is 1. The number of amides is 2. The molecule has 0 radical (unpaired) electrons. The van der Waals surface area contributed by atoms with Crippen molar-refractivity contribution in [2.45, 2.75) is 33.2 Å². The topological polar surface area (TPSA) is 55.9 Å². The van der Waals surface area contributed by atoms with Crippen LogP contribution in [-0.4, -0.2) is 78.4 Å². The van der Waals surface area contributed by atoms with Gasteiger partial charge in [0.2, 0.25) is 11.8 Å². The molecule has 3 unspecified atom stereocenters. The number of carbonyl (C=O) groups excluding carboxylic acids is 2. The van der Waals surface area contributed by atoms with E-state index in [4.69, 9.17) is 0 Å². The van der Waals surface area contributed by atoms with Crippen molar-refractivity contribution in [2.75, 3.05) is 51.1 Å². The van der Waals surface area contributed by atoms with Crippen molar-refractivity contribution in [3.8, 4) is 0 Å². The minimum absolute atomic E-state index is 0.0140. The third kappa shape index (κ3) is 5.55. The van der Waals surface area contributed by atoms with Gasteiger partial charge < -0.3 is 10.2 Å². The van der Waals surface area contributed by atoms with Crippen molar-refractivity contribution in [1.29, 1.82) is 0 Å². The number of piperazine rings is 1. The highest BCUT2D eigenvalue weighted by Crippen LogP contribution is 2.22. The van der Waals surface area contributed by atoms with E-state index in [1.165, 1.54) is 6.42 Å². The summed E-state index contributed by atoms with van der Waals surface area (Å²) in [6.07, 6.45) is 1.21. The third-order valence-electron chi connectivity index (χ3n) is 5.92. The van der Waals surface area contributed by atoms with Crippen molar-refractivity contribution in [3.63, 3.8) is 0 Å². The molecule has 0 aliphatic carbocycles. The van der Waals surface area contributed by atoms with Crippen LogP contribution >= 0.6 is 0 Å². The van der Waals surface area contributed by atoms with E-state index < -0.39 is 0 Å². The SMILES string of the molecule is CC1CC(C)CN(C(=O)C(C)N2CCN(CC(=O)Nc3ccccc3)CC2)C1. The molecule has 0 spiro atoms. The van der Waals surface area contributed by atoms with Crippen LogP contribution in [0.25, 0.3) is 0 Å². The maximum absolute atomic E-state index is 13.0. The number of piperidine rings is 1. The lowest BCUT2D eigenvalue weighted by molar-refractivity contribution is -0.140. The lowest BCUT2D eigenvalue weighted by atomic mass is 9.91. The first-order valence-electron chi connectivity index (χ1n) is 10.5. The van der Waals surface area contributed by atoms with Crippen LogP contribution < -0.4 is 5.32 Å². The van der Waals surface area contributed by atoms with Crippen LogP contribution in [0.4, 0.5) is 5.69 Å². The fraction of sp³-hybridized carbons (Fsp3) is 0.636. The largest absolute Gasteiger partial charge is 0.341 e. The second kappa shape index (κ2) is 9.52. The van der Waals surface area contributed by atoms with E-state index >= 15 is 0 Å². The smallest absolute Gasteiger partial charge is 0.239 e. The molecule has 2 aliphatic rings. The van der Waals surface area contributed by atoms with E-state index in [-0.39, 0.29) is 17.9 Å². The molecule has 0 aromatic heterocycles. The zero-order valence-corrected chi connectivity index (χ0v) is 17.4. The number of benzene rings is 1. The van der Waals surface area contributed by atoms with Crippen LogP contribution in [0.5, 0.6) is 0 Å². The van der Waals surface area contributed by atoms with Gasteiger partial charge in [-0.2, -0.15) is 0 Å². The van der Waals surface area contributed by atoms with E-state index in [0.29, 0.717) is 18.4 Å². The minimum Gasteiger partial charge on any atom is -0.341 e. The molecule has 3 rings (SSSR count). The number of nitrogens with zero attached hydrogens (tertiary/aromatic N) is 3. The predicted molar refractivity (Wildman–Crippen MR) is 112 cm³/mol. The molecule has 3 atom stereocenters. The molecule has 6 nitrogen and oxygen atoms in total. The molecule has 1 N–H and O–H groups in total. The molecule has 0 saturated carbocycles. The first-order valence-corrected chi connectivity index (χ1v) is 10.5. The molecule has 28 heavy (non-hydrogen) atoms. The van der Waals surface area contributed by atoms with Crippen LogP contribution in [0.1, 0.15) is 27.2 Å². The summed E-state index contributed by atoms with van der Waals surface area (Å²) in [6, 6.07) is 9.46. The quantitative estimate of drug-likeness (QED) is 0.842. The highest BCUT2D eigenvalue weighted by atomic mass is 16.2. The van der Waals surface area contributed by atoms with E-state index in [9.17, 15) is 9.59 Å². The summed E-state index contributed by atoms with van der Waals surface area (Å²) < 4.78 is 0. The normalized spacial score (nSPS) is 25.3. The Morgan fingerprint density at radius 2 is 1.64 bits per heavy atom. The monoisotopic (exact) mass is 386 g/mol. The fourth-order valence-electron chi connectivity index (χ4n) is 4.50. The molecule has 2 saturated heterocycles. The molecule has 154 valence electrons. The van der Waals surface area contributed by atoms with Gasteiger partial charge in [-0.05, 0) is 37.3 Å². The van der Waals surface area contributed by atoms with Crippen molar-refractivity contribution >= 4 is 17.5 Å². The molecule has 1 aromatic carbocycles. The summed E-state index contributed by atoms with van der Waals surface area (Å²) in [7, 11) is 0. The molecule has 2 heterocycles. The van der Waals surface area contributed by atoms with Crippen LogP contribution in [-0.2, 0) is 9.59 Å². The van der Waals surface area contributed by atoms with Gasteiger partial charge in [-0.15, -0.1) is 0 Å². The number of rotatable bonds is 5. The zero-order chi connectivity index (χ0) is 20.1. The number of anilines is 1. The first kappa shape index (κ1) is 20.8. The van der Waals surface area contributed by atoms with Crippen LogP contribution in [0.2, 0.25) is 0 Å². The minimum atomic E-state index is -0.0854. The lowest BCUT2D eigenvalue weighted by Gasteiger charge is -2.41. The van der Waals surface area contributed by atoms with Gasteiger partial charge in [0.1, 0.15) is 0 Å². The average molecular weight is 387 g/mol. The predicted octanol–water partition coefficient (Wildman–Crippen LogP) is 2.14. The summed E-state index contributed by atoms with van der Waals surface area (Å²) >= 11 is 0. The fourth-order valence-corrected chi connectivity index (χ4v) is 4.50. The summed E-state index contributed by atoms with van der Waals surface area (Å²) in [5, 5.41) is 2.94. The van der Waals surface area contributed by atoms with E-state index in [0.717, 1.165) is 45.0 Å². The molecule has 2 amide bonds. The maximum atomic E-state index is 13.0. The Balaban J connectivity index is 1.44. The second-order valence-electron chi connectivity index (χ2n) is 8.59. The van der Waals surface area contributed by atoms with Crippen molar-refractivity contribution in [3.05, 3.63) is 30.3 Å². The van der Waals surface area contributed by atoms with E-state index in [1.807, 2.05) is 37.3 Å². The van der Waals surface area contributed by atoms with Gasteiger partial charge in [-0.25, -0.2) is 0 Å². The van der Waals surface area contributed by atoms with Crippen LogP contribution in [0, 0.1) is 11.8 Å². The highest BCUT2D eigenvalue weighted by Gasteiger charge is 2.32. The van der Waals surface area contributed by atoms with Gasteiger partial charge in [0.25, 0.3) is 0 Å². The highest BCUT2D eigenvalue weighted by molar-refractivity contribution is 5.92. The van der Waals surface area contributed by atoms with Gasteiger partial charge in [0.15, 0.2) is 0 Å². The summed E-state index contributed by atoms with van der Waals surface area (Å²) in [4.78, 5) is 31.7. The van der Waals surface area contributed by atoms with Gasteiger partial charge in [-0.3, -0.25) is 19.4 Å². The van der Waals surface area contributed by atoms with Gasteiger partial charge >= 0.3 is 0 Å². The van der Waals surface area contributed by atoms with Crippen molar-refractivity contribution in [2.24, 2.45) is 11.8 Å². The van der Waals surface area contributed by atoms with Crippen LogP contribution in [0.15, 0.2) is 30.3 Å². The Morgan fingerprint density at radius 1 is 1.04 bits per heavy atom. The maximum Gasteiger partial charge on any atom is 0.239 e. The second-order valence-corrected chi connectivity index (χ2v) is 8.59. The molecule has 1 aromatic rings. The summed E-state index contributed by atoms with van der Waals surface area (Å²) in [6.45, 7) is 11.9. The zero-order valence-electron chi connectivity index (χ0n) is 17.4. The first-order chi connectivity index (χ1) is 13.4. The van der Waals surface area contributed by atoms with E-state index in [2.05, 4.69) is 33.9 Å². The number of nitrogens with one attached hydrogen (secondary N) is 1. The van der Waals surface area contributed by atoms with E-state index in [1.54, 1.807) is 0 Å². The Kier molecular flexibility index (Phi) is 7.08. The molecule has 0 bridgehead atoms. The molecule has 2 aliphatic heterocycles. The number of carbonyl (C=O) groups is 2. The molecule has 6 heteroatoms. The summed E-state index contributed by atoms with van der Waals surface area (Å²) in [5.41, 5.74) is 0.829. The Labute approximate surface area is 168 Å². The average Bonchev–Trinajstić information content (AvgIpc) is 2.67. The van der Waals surface area contributed by atoms with Gasteiger partial charge in [-0.1, -0.05) is 32.0 Å². The van der Waals surface area contributed by atoms with Crippen molar-refractivity contribution < 1.29 is 9.59 Å².